The summed E-state index contributed by atoms with van der Waals surface area (Å²) in [6.07, 6.45) is 2.54. The van der Waals surface area contributed by atoms with E-state index in [4.69, 9.17) is 28.3 Å². The SMILES string of the molecule is CC(C)[Si](Sc1ccc(C=CC(=O)O)c(Cl)c1Cl)(C(C)C)C(C)C. The third kappa shape index (κ3) is 4.60. The summed E-state index contributed by atoms with van der Waals surface area (Å²) in [4.78, 5) is 11.7. The van der Waals surface area contributed by atoms with Crippen molar-refractivity contribution in [1.82, 2.24) is 0 Å². The molecule has 1 N–H and O–H groups in total. The Morgan fingerprint density at radius 2 is 1.54 bits per heavy atom. The molecule has 1 rings (SSSR count). The number of carboxylic acid groups (broad SMARTS) is 1. The second kappa shape index (κ2) is 8.79. The van der Waals surface area contributed by atoms with E-state index in [0.29, 0.717) is 32.2 Å². The van der Waals surface area contributed by atoms with Crippen LogP contribution in [0.2, 0.25) is 26.7 Å². The van der Waals surface area contributed by atoms with Crippen LogP contribution in [0, 0.1) is 0 Å². The molecule has 0 radical (unpaired) electrons. The lowest BCUT2D eigenvalue weighted by Gasteiger charge is -2.42. The zero-order valence-corrected chi connectivity index (χ0v) is 18.4. The summed E-state index contributed by atoms with van der Waals surface area (Å²) < 4.78 is 0. The van der Waals surface area contributed by atoms with Gasteiger partial charge in [0.2, 0.25) is 0 Å². The molecule has 0 bridgehead atoms. The van der Waals surface area contributed by atoms with E-state index in [1.165, 1.54) is 6.08 Å². The summed E-state index contributed by atoms with van der Waals surface area (Å²) in [5.41, 5.74) is 2.43. The number of benzene rings is 1. The summed E-state index contributed by atoms with van der Waals surface area (Å²) >= 11 is 14.8. The van der Waals surface area contributed by atoms with Crippen molar-refractivity contribution in [3.8, 4) is 0 Å². The lowest BCUT2D eigenvalue weighted by Crippen LogP contribution is -2.41. The van der Waals surface area contributed by atoms with E-state index in [9.17, 15) is 4.79 Å². The molecule has 0 fully saturated rings. The van der Waals surface area contributed by atoms with Gasteiger partial charge in [-0.2, -0.15) is 0 Å². The predicted molar refractivity (Wildman–Crippen MR) is 110 cm³/mol. The van der Waals surface area contributed by atoms with Crippen molar-refractivity contribution in [3.63, 3.8) is 0 Å². The minimum atomic E-state index is -1.72. The quantitative estimate of drug-likeness (QED) is 0.380. The molecule has 0 heterocycles. The molecule has 0 aromatic heterocycles. The van der Waals surface area contributed by atoms with E-state index in [1.807, 2.05) is 23.3 Å². The number of hydrogen-bond donors (Lipinski definition) is 1. The van der Waals surface area contributed by atoms with Crippen molar-refractivity contribution in [3.05, 3.63) is 33.8 Å². The first-order chi connectivity index (χ1) is 11.0. The molecule has 1 aromatic rings. The third-order valence-electron chi connectivity index (χ3n) is 4.48. The molecule has 0 aliphatic rings. The van der Waals surface area contributed by atoms with Gasteiger partial charge in [0.25, 0.3) is 0 Å². The number of carbonyl (C=O) groups is 1. The Labute approximate surface area is 160 Å². The normalized spacial score (nSPS) is 12.8. The van der Waals surface area contributed by atoms with Crippen molar-refractivity contribution in [2.75, 3.05) is 0 Å². The first-order valence-corrected chi connectivity index (χ1v) is 12.6. The van der Waals surface area contributed by atoms with Crippen molar-refractivity contribution < 1.29 is 9.90 Å². The highest BCUT2D eigenvalue weighted by Crippen LogP contribution is 2.53. The molecular weight excluding hydrogens is 379 g/mol. The van der Waals surface area contributed by atoms with Crippen LogP contribution in [0.25, 0.3) is 6.08 Å². The molecule has 24 heavy (non-hydrogen) atoms. The fourth-order valence-electron chi connectivity index (χ4n) is 3.46. The zero-order valence-electron chi connectivity index (χ0n) is 15.1. The van der Waals surface area contributed by atoms with E-state index < -0.39 is 13.2 Å². The maximum atomic E-state index is 10.7. The Hall–Kier alpha value is -0.423. The first kappa shape index (κ1) is 21.6. The second-order valence-corrected chi connectivity index (χ2v) is 16.2. The van der Waals surface area contributed by atoms with Gasteiger partial charge in [-0.15, -0.1) is 11.2 Å². The standard InChI is InChI=1S/C18H26Cl2O2SSi/c1-11(2)24(12(3)4,13(5)6)23-15-9-7-14(8-10-16(21)22)17(19)18(15)20/h7-13H,1-6H3,(H,21,22). The smallest absolute Gasteiger partial charge is 0.328 e. The molecule has 1 aromatic carbocycles. The van der Waals surface area contributed by atoms with Gasteiger partial charge in [0.15, 0.2) is 0 Å². The van der Waals surface area contributed by atoms with Gasteiger partial charge in [0, 0.05) is 11.0 Å². The highest BCUT2D eigenvalue weighted by Gasteiger charge is 2.44. The molecule has 0 saturated heterocycles. The highest BCUT2D eigenvalue weighted by molar-refractivity contribution is 8.29. The van der Waals surface area contributed by atoms with Crippen LogP contribution in [0.1, 0.15) is 47.1 Å². The van der Waals surface area contributed by atoms with Crippen LogP contribution in [-0.4, -0.2) is 18.3 Å². The fraction of sp³-hybridized carbons (Fsp3) is 0.500. The molecule has 2 nitrogen and oxygen atoms in total. The molecule has 0 aliphatic carbocycles. The molecule has 0 unspecified atom stereocenters. The molecule has 0 spiro atoms. The Morgan fingerprint density at radius 3 is 1.96 bits per heavy atom. The number of halogens is 2. The van der Waals surface area contributed by atoms with Crippen LogP contribution in [0.4, 0.5) is 0 Å². The van der Waals surface area contributed by atoms with Crippen LogP contribution >= 0.6 is 34.4 Å². The molecule has 0 aliphatic heterocycles. The van der Waals surface area contributed by atoms with E-state index in [2.05, 4.69) is 41.5 Å². The lowest BCUT2D eigenvalue weighted by atomic mass is 10.2. The van der Waals surface area contributed by atoms with Crippen molar-refractivity contribution in [1.29, 1.82) is 0 Å². The van der Waals surface area contributed by atoms with E-state index in [0.717, 1.165) is 11.0 Å². The van der Waals surface area contributed by atoms with Gasteiger partial charge in [-0.25, -0.2) is 4.79 Å². The minimum absolute atomic E-state index is 0.415. The topological polar surface area (TPSA) is 37.3 Å². The predicted octanol–water partition coefficient (Wildman–Crippen LogP) is 7.36. The Kier molecular flexibility index (Phi) is 7.92. The lowest BCUT2D eigenvalue weighted by molar-refractivity contribution is -0.131. The van der Waals surface area contributed by atoms with Gasteiger partial charge in [-0.05, 0) is 34.3 Å². The maximum Gasteiger partial charge on any atom is 0.328 e. The molecule has 6 heteroatoms. The van der Waals surface area contributed by atoms with Gasteiger partial charge in [0.1, 0.15) is 7.22 Å². The average Bonchev–Trinajstić information content (AvgIpc) is 2.46. The minimum Gasteiger partial charge on any atom is -0.478 e. The first-order valence-electron chi connectivity index (χ1n) is 8.12. The summed E-state index contributed by atoms with van der Waals surface area (Å²) in [6, 6.07) is 3.81. The Morgan fingerprint density at radius 1 is 1.04 bits per heavy atom. The Bertz CT molecular complexity index is 606. The highest BCUT2D eigenvalue weighted by atomic mass is 35.5. The Balaban J connectivity index is 3.32. The van der Waals surface area contributed by atoms with Crippen LogP contribution in [0.15, 0.2) is 23.1 Å². The van der Waals surface area contributed by atoms with Crippen LogP contribution in [0.5, 0.6) is 0 Å². The van der Waals surface area contributed by atoms with Crippen LogP contribution in [-0.2, 0) is 4.79 Å². The van der Waals surface area contributed by atoms with Crippen molar-refractivity contribution in [2.24, 2.45) is 0 Å². The largest absolute Gasteiger partial charge is 0.478 e. The average molecular weight is 405 g/mol. The molecule has 0 atom stereocenters. The monoisotopic (exact) mass is 404 g/mol. The van der Waals surface area contributed by atoms with Gasteiger partial charge in [-0.3, -0.25) is 0 Å². The fourth-order valence-corrected chi connectivity index (χ4v) is 13.4. The third-order valence-corrected chi connectivity index (χ3v) is 17.8. The van der Waals surface area contributed by atoms with E-state index in [1.54, 1.807) is 0 Å². The molecule has 134 valence electrons. The van der Waals surface area contributed by atoms with Crippen molar-refractivity contribution in [2.45, 2.75) is 63.1 Å². The van der Waals surface area contributed by atoms with E-state index in [-0.39, 0.29) is 0 Å². The van der Waals surface area contributed by atoms with Gasteiger partial charge in [-0.1, -0.05) is 70.8 Å². The second-order valence-electron chi connectivity index (χ2n) is 6.87. The summed E-state index contributed by atoms with van der Waals surface area (Å²) in [5, 5.41) is 9.70. The van der Waals surface area contributed by atoms with Crippen molar-refractivity contribution >= 4 is 53.7 Å². The summed E-state index contributed by atoms with van der Waals surface area (Å²) in [5.74, 6) is -1.01. The number of aliphatic carboxylic acids is 1. The number of rotatable bonds is 7. The molecule has 0 amide bonds. The maximum absolute atomic E-state index is 10.7. The molecular formula is C18H26Cl2O2SSi. The van der Waals surface area contributed by atoms with Crippen LogP contribution < -0.4 is 0 Å². The summed E-state index contributed by atoms with van der Waals surface area (Å²) in [7, 11) is -1.72. The van der Waals surface area contributed by atoms with E-state index >= 15 is 0 Å². The number of carboxylic acids is 1. The van der Waals surface area contributed by atoms with Crippen LogP contribution in [0.3, 0.4) is 0 Å². The zero-order chi connectivity index (χ0) is 18.7. The number of hydrogen-bond acceptors (Lipinski definition) is 2. The van der Waals surface area contributed by atoms with Gasteiger partial charge in [0.05, 0.1) is 10.0 Å². The molecule has 0 saturated carbocycles. The van der Waals surface area contributed by atoms with Gasteiger partial charge >= 0.3 is 5.97 Å². The summed E-state index contributed by atoms with van der Waals surface area (Å²) in [6.45, 7) is 13.8. The van der Waals surface area contributed by atoms with Gasteiger partial charge < -0.3 is 5.11 Å².